The van der Waals surface area contributed by atoms with Crippen molar-refractivity contribution >= 4 is 15.9 Å². The number of ether oxygens (including phenoxy) is 3. The van der Waals surface area contributed by atoms with Crippen molar-refractivity contribution in [2.75, 3.05) is 47.2 Å². The quantitative estimate of drug-likeness (QED) is 0.575. The molecule has 0 saturated carbocycles. The van der Waals surface area contributed by atoms with Crippen molar-refractivity contribution in [3.8, 4) is 0 Å². The van der Waals surface area contributed by atoms with Crippen LogP contribution in [-0.2, 0) is 20.8 Å². The summed E-state index contributed by atoms with van der Waals surface area (Å²) in [5, 5.41) is 7.91. The van der Waals surface area contributed by atoms with E-state index in [4.69, 9.17) is 14.2 Å². The molecule has 122 valence electrons. The van der Waals surface area contributed by atoms with E-state index >= 15 is 0 Å². The maximum Gasteiger partial charge on any atom is 0.0741 e. The van der Waals surface area contributed by atoms with Gasteiger partial charge in [-0.05, 0) is 28.9 Å². The summed E-state index contributed by atoms with van der Waals surface area (Å²) in [6, 6.07) is 0.0931. The number of rotatable bonds is 12. The van der Waals surface area contributed by atoms with E-state index in [0.717, 1.165) is 29.7 Å². The summed E-state index contributed by atoms with van der Waals surface area (Å²) in [5.41, 5.74) is 1.10. The molecule has 0 aliphatic heterocycles. The van der Waals surface area contributed by atoms with Gasteiger partial charge in [0.1, 0.15) is 0 Å². The highest BCUT2D eigenvalue weighted by Gasteiger charge is 2.19. The lowest BCUT2D eigenvalue weighted by atomic mass is 10.2. The fourth-order valence-electron chi connectivity index (χ4n) is 1.97. The zero-order chi connectivity index (χ0) is 15.5. The van der Waals surface area contributed by atoms with Crippen LogP contribution in [0.5, 0.6) is 0 Å². The van der Waals surface area contributed by atoms with Crippen molar-refractivity contribution in [2.45, 2.75) is 25.9 Å². The van der Waals surface area contributed by atoms with Gasteiger partial charge in [-0.15, -0.1) is 0 Å². The number of hydrogen-bond acceptors (Lipinski definition) is 5. The van der Waals surface area contributed by atoms with Gasteiger partial charge in [-0.25, -0.2) is 0 Å². The first kappa shape index (κ1) is 18.6. The Morgan fingerprint density at radius 2 is 2.05 bits per heavy atom. The smallest absolute Gasteiger partial charge is 0.0741 e. The second-order valence-electron chi connectivity index (χ2n) is 4.67. The van der Waals surface area contributed by atoms with Gasteiger partial charge in [-0.2, -0.15) is 5.10 Å². The van der Waals surface area contributed by atoms with Gasteiger partial charge >= 0.3 is 0 Å². The first-order valence-electron chi connectivity index (χ1n) is 7.24. The molecule has 7 heteroatoms. The molecule has 0 aliphatic carbocycles. The molecule has 0 bridgehead atoms. The van der Waals surface area contributed by atoms with Crippen molar-refractivity contribution in [1.29, 1.82) is 0 Å². The van der Waals surface area contributed by atoms with Gasteiger partial charge < -0.3 is 19.5 Å². The van der Waals surface area contributed by atoms with E-state index in [2.05, 4.69) is 33.3 Å². The molecule has 1 atom stereocenters. The van der Waals surface area contributed by atoms with Crippen LogP contribution in [0.2, 0.25) is 0 Å². The predicted octanol–water partition coefficient (Wildman–Crippen LogP) is 2.00. The van der Waals surface area contributed by atoms with E-state index in [0.29, 0.717) is 26.4 Å². The summed E-state index contributed by atoms with van der Waals surface area (Å²) in [5.74, 6) is 0. The van der Waals surface area contributed by atoms with E-state index in [9.17, 15) is 0 Å². The minimum atomic E-state index is 0.0931. The maximum atomic E-state index is 5.69. The van der Waals surface area contributed by atoms with Crippen LogP contribution >= 0.6 is 15.9 Å². The van der Waals surface area contributed by atoms with Crippen LogP contribution in [-0.4, -0.2) is 57.0 Å². The molecule has 1 aromatic heterocycles. The normalized spacial score (nSPS) is 12.8. The molecular weight excluding hydrogens is 338 g/mol. The van der Waals surface area contributed by atoms with E-state index in [1.54, 1.807) is 14.2 Å². The third-order valence-corrected chi connectivity index (χ3v) is 3.64. The van der Waals surface area contributed by atoms with E-state index in [1.807, 2.05) is 10.9 Å². The Balaban J connectivity index is 2.73. The molecule has 0 fully saturated rings. The lowest BCUT2D eigenvalue weighted by molar-refractivity contribution is 0.0569. The molecule has 0 saturated heterocycles. The van der Waals surface area contributed by atoms with Crippen LogP contribution in [0.15, 0.2) is 10.7 Å². The molecule has 0 aromatic carbocycles. The number of methoxy groups -OCH3 is 2. The average molecular weight is 364 g/mol. The van der Waals surface area contributed by atoms with Crippen molar-refractivity contribution in [3.05, 3.63) is 16.4 Å². The summed E-state index contributed by atoms with van der Waals surface area (Å²) in [6.07, 6.45) is 2.89. The third kappa shape index (κ3) is 6.44. The summed E-state index contributed by atoms with van der Waals surface area (Å²) < 4.78 is 18.8. The largest absolute Gasteiger partial charge is 0.383 e. The minimum absolute atomic E-state index is 0.0931. The molecule has 6 nitrogen and oxygen atoms in total. The molecule has 1 rings (SSSR count). The van der Waals surface area contributed by atoms with Crippen molar-refractivity contribution in [1.82, 2.24) is 15.1 Å². The molecule has 1 N–H and O–H groups in total. The summed E-state index contributed by atoms with van der Waals surface area (Å²) >= 11 is 3.58. The Labute approximate surface area is 135 Å². The SMILES string of the molecule is CCCNC(COCCOC)c1c(Br)cnn1CCOC. The topological polar surface area (TPSA) is 57.5 Å². The van der Waals surface area contributed by atoms with Crippen molar-refractivity contribution in [2.24, 2.45) is 0 Å². The van der Waals surface area contributed by atoms with Crippen LogP contribution in [0.3, 0.4) is 0 Å². The Hall–Kier alpha value is -0.470. The Kier molecular flexibility index (Phi) is 9.86. The van der Waals surface area contributed by atoms with Gasteiger partial charge in [-0.3, -0.25) is 4.68 Å². The second-order valence-corrected chi connectivity index (χ2v) is 5.52. The van der Waals surface area contributed by atoms with E-state index in [1.165, 1.54) is 0 Å². The molecule has 1 unspecified atom stereocenters. The monoisotopic (exact) mass is 363 g/mol. The number of nitrogens with zero attached hydrogens (tertiary/aromatic N) is 2. The van der Waals surface area contributed by atoms with Crippen molar-refractivity contribution in [3.63, 3.8) is 0 Å². The molecule has 21 heavy (non-hydrogen) atoms. The Morgan fingerprint density at radius 3 is 2.71 bits per heavy atom. The molecule has 0 amide bonds. The standard InChI is InChI=1S/C14H26BrN3O3/c1-4-5-16-13(11-21-9-8-20-3)14-12(15)10-17-18(14)6-7-19-2/h10,13,16H,4-9,11H2,1-3H3. The first-order valence-corrected chi connectivity index (χ1v) is 8.04. The summed E-state index contributed by atoms with van der Waals surface area (Å²) in [4.78, 5) is 0. The molecule has 0 radical (unpaired) electrons. The van der Waals surface area contributed by atoms with Gasteiger partial charge in [0.25, 0.3) is 0 Å². The fourth-order valence-corrected chi connectivity index (χ4v) is 2.54. The molecule has 1 aromatic rings. The van der Waals surface area contributed by atoms with E-state index in [-0.39, 0.29) is 6.04 Å². The zero-order valence-corrected chi connectivity index (χ0v) is 14.7. The lowest BCUT2D eigenvalue weighted by Crippen LogP contribution is -2.30. The summed E-state index contributed by atoms with van der Waals surface area (Å²) in [7, 11) is 3.37. The van der Waals surface area contributed by atoms with Gasteiger partial charge in [-0.1, -0.05) is 6.92 Å². The maximum absolute atomic E-state index is 5.69. The molecule has 1 heterocycles. The first-order chi connectivity index (χ1) is 10.2. The average Bonchev–Trinajstić information content (AvgIpc) is 2.85. The van der Waals surface area contributed by atoms with Crippen LogP contribution < -0.4 is 5.32 Å². The van der Waals surface area contributed by atoms with Gasteiger partial charge in [0.15, 0.2) is 0 Å². The minimum Gasteiger partial charge on any atom is -0.383 e. The van der Waals surface area contributed by atoms with E-state index < -0.39 is 0 Å². The molecule has 0 aliphatic rings. The molecule has 0 spiro atoms. The highest BCUT2D eigenvalue weighted by atomic mass is 79.9. The predicted molar refractivity (Wildman–Crippen MR) is 85.5 cm³/mol. The van der Waals surface area contributed by atoms with Gasteiger partial charge in [0.2, 0.25) is 0 Å². The highest BCUT2D eigenvalue weighted by molar-refractivity contribution is 9.10. The highest BCUT2D eigenvalue weighted by Crippen LogP contribution is 2.23. The number of aromatic nitrogens is 2. The van der Waals surface area contributed by atoms with Gasteiger partial charge in [0, 0.05) is 14.2 Å². The van der Waals surface area contributed by atoms with Gasteiger partial charge in [0.05, 0.1) is 55.4 Å². The number of nitrogens with one attached hydrogen (secondary N) is 1. The molecular formula is C14H26BrN3O3. The Bertz CT molecular complexity index is 388. The summed E-state index contributed by atoms with van der Waals surface area (Å²) in [6.45, 7) is 6.20. The van der Waals surface area contributed by atoms with Crippen LogP contribution in [0.25, 0.3) is 0 Å². The fraction of sp³-hybridized carbons (Fsp3) is 0.786. The van der Waals surface area contributed by atoms with Crippen LogP contribution in [0.4, 0.5) is 0 Å². The second kappa shape index (κ2) is 11.1. The van der Waals surface area contributed by atoms with Crippen molar-refractivity contribution < 1.29 is 14.2 Å². The zero-order valence-electron chi connectivity index (χ0n) is 13.1. The van der Waals surface area contributed by atoms with Crippen LogP contribution in [0, 0.1) is 0 Å². The third-order valence-electron chi connectivity index (χ3n) is 3.03. The lowest BCUT2D eigenvalue weighted by Gasteiger charge is -2.21. The Morgan fingerprint density at radius 1 is 1.29 bits per heavy atom. The number of halogens is 1. The number of hydrogen-bond donors (Lipinski definition) is 1. The van der Waals surface area contributed by atoms with Crippen LogP contribution in [0.1, 0.15) is 25.1 Å².